The van der Waals surface area contributed by atoms with E-state index < -0.39 is 12.0 Å². The van der Waals surface area contributed by atoms with E-state index in [1.54, 1.807) is 30.6 Å². The summed E-state index contributed by atoms with van der Waals surface area (Å²) in [4.78, 5) is 17.9. The van der Waals surface area contributed by atoms with Gasteiger partial charge in [0.1, 0.15) is 11.9 Å². The maximum absolute atomic E-state index is 10.9. The van der Waals surface area contributed by atoms with Gasteiger partial charge in [-0.15, -0.1) is 0 Å². The Labute approximate surface area is 91.9 Å². The van der Waals surface area contributed by atoms with Crippen LogP contribution in [0.5, 0.6) is 0 Å². The molecule has 1 heterocycles. The zero-order valence-electron chi connectivity index (χ0n) is 8.42. The summed E-state index contributed by atoms with van der Waals surface area (Å²) < 4.78 is 0. The van der Waals surface area contributed by atoms with E-state index in [0.717, 1.165) is 0 Å². The minimum absolute atomic E-state index is 0.546. The smallest absolute Gasteiger partial charge is 0.325 e. The van der Waals surface area contributed by atoms with Crippen LogP contribution in [0.25, 0.3) is 11.4 Å². The summed E-state index contributed by atoms with van der Waals surface area (Å²) in [5, 5.41) is 8.90. The molecule has 0 radical (unpaired) electrons. The molecule has 0 fully saturated rings. The lowest BCUT2D eigenvalue weighted by Gasteiger charge is -2.10. The van der Waals surface area contributed by atoms with Crippen molar-refractivity contribution < 1.29 is 9.90 Å². The van der Waals surface area contributed by atoms with Crippen LogP contribution in [-0.4, -0.2) is 21.0 Å². The second-order valence-corrected chi connectivity index (χ2v) is 3.34. The molecule has 0 amide bonds. The van der Waals surface area contributed by atoms with Gasteiger partial charge in [0.15, 0.2) is 0 Å². The molecule has 0 bridgehead atoms. The monoisotopic (exact) mass is 217 g/mol. The average molecular weight is 217 g/mol. The van der Waals surface area contributed by atoms with E-state index in [-0.39, 0.29) is 0 Å². The fraction of sp³-hybridized carbons (Fsp3) is 0.0909. The van der Waals surface area contributed by atoms with Crippen molar-refractivity contribution in [2.75, 3.05) is 0 Å². The number of rotatable bonds is 3. The van der Waals surface area contributed by atoms with E-state index in [2.05, 4.69) is 9.97 Å². The molecule has 1 aromatic heterocycles. The molecule has 0 aliphatic heterocycles. The highest BCUT2D eigenvalue weighted by molar-refractivity contribution is 5.79. The quantitative estimate of drug-likeness (QED) is 0.719. The van der Waals surface area contributed by atoms with Gasteiger partial charge in [0, 0.05) is 18.0 Å². The third kappa shape index (κ3) is 1.80. The first-order chi connectivity index (χ1) is 7.70. The van der Waals surface area contributed by atoms with Gasteiger partial charge in [0.2, 0.25) is 0 Å². The van der Waals surface area contributed by atoms with Gasteiger partial charge in [0.05, 0.1) is 0 Å². The zero-order chi connectivity index (χ0) is 11.5. The lowest BCUT2D eigenvalue weighted by atomic mass is 10.0. The number of aliphatic carboxylic acids is 1. The summed E-state index contributed by atoms with van der Waals surface area (Å²) in [6, 6.07) is 6.01. The number of hydrogen-bond donors (Lipinski definition) is 3. The van der Waals surface area contributed by atoms with Gasteiger partial charge in [-0.25, -0.2) is 4.98 Å². The maximum atomic E-state index is 10.9. The number of nitrogens with two attached hydrogens (primary N) is 1. The van der Waals surface area contributed by atoms with Crippen LogP contribution in [0.1, 0.15) is 11.6 Å². The summed E-state index contributed by atoms with van der Waals surface area (Å²) >= 11 is 0. The van der Waals surface area contributed by atoms with E-state index in [0.29, 0.717) is 17.0 Å². The van der Waals surface area contributed by atoms with Crippen molar-refractivity contribution in [1.82, 2.24) is 9.97 Å². The molecule has 1 atom stereocenters. The molecule has 0 aliphatic carbocycles. The molecule has 2 aromatic rings. The molecule has 0 saturated carbocycles. The molecule has 0 saturated heterocycles. The van der Waals surface area contributed by atoms with Crippen LogP contribution in [0.15, 0.2) is 36.7 Å². The van der Waals surface area contributed by atoms with Gasteiger partial charge >= 0.3 is 5.97 Å². The fourth-order valence-electron chi connectivity index (χ4n) is 1.53. The van der Waals surface area contributed by atoms with Crippen LogP contribution in [0.3, 0.4) is 0 Å². The van der Waals surface area contributed by atoms with Crippen LogP contribution in [0.2, 0.25) is 0 Å². The van der Waals surface area contributed by atoms with Gasteiger partial charge in [0.25, 0.3) is 0 Å². The first-order valence-corrected chi connectivity index (χ1v) is 4.77. The van der Waals surface area contributed by atoms with Crippen molar-refractivity contribution in [3.05, 3.63) is 42.2 Å². The van der Waals surface area contributed by atoms with Crippen molar-refractivity contribution in [3.8, 4) is 11.4 Å². The van der Waals surface area contributed by atoms with Crippen molar-refractivity contribution in [2.45, 2.75) is 6.04 Å². The molecule has 16 heavy (non-hydrogen) atoms. The van der Waals surface area contributed by atoms with Gasteiger partial charge < -0.3 is 15.8 Å². The Morgan fingerprint density at radius 1 is 1.44 bits per heavy atom. The summed E-state index contributed by atoms with van der Waals surface area (Å²) in [5.74, 6) is -0.439. The number of hydrogen-bond acceptors (Lipinski definition) is 3. The van der Waals surface area contributed by atoms with Gasteiger partial charge in [-0.1, -0.05) is 24.3 Å². The topological polar surface area (TPSA) is 92.0 Å². The number of carboxylic acids is 1. The van der Waals surface area contributed by atoms with Gasteiger partial charge in [-0.05, 0) is 5.56 Å². The summed E-state index contributed by atoms with van der Waals surface area (Å²) in [6.45, 7) is 0. The summed E-state index contributed by atoms with van der Waals surface area (Å²) in [7, 11) is 0. The Morgan fingerprint density at radius 2 is 2.19 bits per heavy atom. The molecule has 0 spiro atoms. The largest absolute Gasteiger partial charge is 0.480 e. The standard InChI is InChI=1S/C11H11N3O2/c12-9(11(15)16)7-3-1-2-4-8(7)10-13-5-6-14-10/h1-6,9H,12H2,(H,13,14)(H,15,16). The van der Waals surface area contributed by atoms with Gasteiger partial charge in [-0.3, -0.25) is 4.79 Å². The Hall–Kier alpha value is -2.14. The Morgan fingerprint density at radius 3 is 2.81 bits per heavy atom. The number of imidazole rings is 1. The molecular weight excluding hydrogens is 206 g/mol. The summed E-state index contributed by atoms with van der Waals surface area (Å²) in [6.07, 6.45) is 3.29. The molecule has 82 valence electrons. The zero-order valence-corrected chi connectivity index (χ0v) is 8.42. The third-order valence-corrected chi connectivity index (χ3v) is 2.32. The summed E-state index contributed by atoms with van der Waals surface area (Å²) in [5.41, 5.74) is 6.86. The Kier molecular flexibility index (Phi) is 2.70. The molecule has 4 N–H and O–H groups in total. The number of aromatic nitrogens is 2. The minimum atomic E-state index is -1.06. The number of benzene rings is 1. The average Bonchev–Trinajstić information content (AvgIpc) is 2.81. The number of carbonyl (C=O) groups is 1. The molecule has 1 aromatic carbocycles. The van der Waals surface area contributed by atoms with Crippen LogP contribution >= 0.6 is 0 Å². The van der Waals surface area contributed by atoms with E-state index in [4.69, 9.17) is 10.8 Å². The highest BCUT2D eigenvalue weighted by Gasteiger charge is 2.18. The second-order valence-electron chi connectivity index (χ2n) is 3.34. The predicted octanol–water partition coefficient (Wildman–Crippen LogP) is 1.16. The lowest BCUT2D eigenvalue weighted by molar-refractivity contribution is -0.138. The van der Waals surface area contributed by atoms with Crippen LogP contribution in [0, 0.1) is 0 Å². The SMILES string of the molecule is NC(C(=O)O)c1ccccc1-c1ncc[nH]1. The first kappa shape index (κ1) is 10.4. The van der Waals surface area contributed by atoms with Crippen molar-refractivity contribution in [1.29, 1.82) is 0 Å². The first-order valence-electron chi connectivity index (χ1n) is 4.77. The fourth-order valence-corrected chi connectivity index (χ4v) is 1.53. The van der Waals surface area contributed by atoms with Crippen molar-refractivity contribution >= 4 is 5.97 Å². The van der Waals surface area contributed by atoms with E-state index >= 15 is 0 Å². The Balaban J connectivity index is 2.50. The predicted molar refractivity (Wildman–Crippen MR) is 58.6 cm³/mol. The molecule has 2 rings (SSSR count). The van der Waals surface area contributed by atoms with Crippen LogP contribution < -0.4 is 5.73 Å². The minimum Gasteiger partial charge on any atom is -0.480 e. The molecule has 5 nitrogen and oxygen atoms in total. The van der Waals surface area contributed by atoms with Crippen molar-refractivity contribution in [2.24, 2.45) is 5.73 Å². The molecule has 1 unspecified atom stereocenters. The third-order valence-electron chi connectivity index (χ3n) is 2.32. The molecule has 0 aliphatic rings. The van der Waals surface area contributed by atoms with Crippen molar-refractivity contribution in [3.63, 3.8) is 0 Å². The number of nitrogens with one attached hydrogen (secondary N) is 1. The molecule has 5 heteroatoms. The van der Waals surface area contributed by atoms with E-state index in [9.17, 15) is 4.79 Å². The van der Waals surface area contributed by atoms with E-state index in [1.165, 1.54) is 0 Å². The van der Waals surface area contributed by atoms with E-state index in [1.807, 2.05) is 6.07 Å². The highest BCUT2D eigenvalue weighted by atomic mass is 16.4. The number of carboxylic acid groups (broad SMARTS) is 1. The van der Waals surface area contributed by atoms with Gasteiger partial charge in [-0.2, -0.15) is 0 Å². The maximum Gasteiger partial charge on any atom is 0.325 e. The number of H-pyrrole nitrogens is 1. The Bertz CT molecular complexity index is 494. The second kappa shape index (κ2) is 4.16. The van der Waals surface area contributed by atoms with Crippen LogP contribution in [-0.2, 0) is 4.79 Å². The highest BCUT2D eigenvalue weighted by Crippen LogP contribution is 2.24. The molecular formula is C11H11N3O2. The number of nitrogens with zero attached hydrogens (tertiary/aromatic N) is 1. The van der Waals surface area contributed by atoms with Crippen LogP contribution in [0.4, 0.5) is 0 Å². The lowest BCUT2D eigenvalue weighted by Crippen LogP contribution is -2.21. The number of aromatic amines is 1. The normalized spacial score (nSPS) is 12.3.